The Balaban J connectivity index is 1.34. The van der Waals surface area contributed by atoms with Gasteiger partial charge < -0.3 is 4.90 Å². The fourth-order valence-corrected chi connectivity index (χ4v) is 7.19. The molecule has 2 fully saturated rings. The summed E-state index contributed by atoms with van der Waals surface area (Å²) in [4.78, 5) is 37.0. The maximum atomic E-state index is 13.9. The molecule has 0 saturated carbocycles. The first-order chi connectivity index (χ1) is 19.9. The molecule has 0 radical (unpaired) electrons. The van der Waals surface area contributed by atoms with E-state index in [2.05, 4.69) is 35.2 Å². The lowest BCUT2D eigenvalue weighted by Gasteiger charge is -2.33. The first kappa shape index (κ1) is 27.4. The van der Waals surface area contributed by atoms with Gasteiger partial charge in [-0.05, 0) is 67.9 Å². The second kappa shape index (κ2) is 11.6. The molecule has 0 spiro atoms. The summed E-state index contributed by atoms with van der Waals surface area (Å²) < 4.78 is 2.07. The first-order valence-electron chi connectivity index (χ1n) is 14.0. The van der Waals surface area contributed by atoms with Crippen LogP contribution in [0.4, 0.5) is 5.82 Å². The van der Waals surface area contributed by atoms with Crippen LogP contribution in [0.15, 0.2) is 88.7 Å². The molecule has 2 aliphatic heterocycles. The topological polar surface area (TPSA) is 57.9 Å². The molecule has 2 saturated heterocycles. The number of pyridine rings is 1. The summed E-state index contributed by atoms with van der Waals surface area (Å²) in [6.45, 7) is 5.55. The van der Waals surface area contributed by atoms with E-state index in [1.54, 1.807) is 21.6 Å². The van der Waals surface area contributed by atoms with Gasteiger partial charge in [0.15, 0.2) is 0 Å². The van der Waals surface area contributed by atoms with E-state index in [1.165, 1.54) is 17.3 Å². The van der Waals surface area contributed by atoms with Crippen LogP contribution < -0.4 is 10.5 Å². The molecule has 0 aliphatic carbocycles. The second-order valence-corrected chi connectivity index (χ2v) is 12.5. The van der Waals surface area contributed by atoms with Crippen molar-refractivity contribution in [2.45, 2.75) is 39.2 Å². The molecule has 4 aromatic rings. The van der Waals surface area contributed by atoms with Crippen LogP contribution in [0.3, 0.4) is 0 Å². The van der Waals surface area contributed by atoms with Crippen LogP contribution in [0.2, 0.25) is 0 Å². The van der Waals surface area contributed by atoms with Crippen molar-refractivity contribution in [3.8, 4) is 0 Å². The van der Waals surface area contributed by atoms with Crippen molar-refractivity contribution < 1.29 is 4.79 Å². The lowest BCUT2D eigenvalue weighted by molar-refractivity contribution is -0.123. The predicted molar refractivity (Wildman–Crippen MR) is 171 cm³/mol. The Labute approximate surface area is 249 Å². The van der Waals surface area contributed by atoms with E-state index >= 15 is 0 Å². The van der Waals surface area contributed by atoms with Crippen molar-refractivity contribution in [3.63, 3.8) is 0 Å². The Kier molecular flexibility index (Phi) is 7.77. The second-order valence-electron chi connectivity index (χ2n) is 10.8. The van der Waals surface area contributed by atoms with Crippen molar-refractivity contribution >= 4 is 51.7 Å². The molecular weight excluding hydrogens is 549 g/mol. The normalized spacial score (nSPS) is 18.0. The van der Waals surface area contributed by atoms with E-state index in [0.29, 0.717) is 32.2 Å². The number of aryl methyl sites for hydroxylation is 1. The summed E-state index contributed by atoms with van der Waals surface area (Å²) in [6.07, 6.45) is 6.54. The van der Waals surface area contributed by atoms with Gasteiger partial charge in [0.1, 0.15) is 15.8 Å². The average Bonchev–Trinajstić information content (AvgIpc) is 3.28. The quantitative estimate of drug-likeness (QED) is 0.194. The maximum absolute atomic E-state index is 13.9. The maximum Gasteiger partial charge on any atom is 0.267 e. The van der Waals surface area contributed by atoms with Gasteiger partial charge in [0.05, 0.1) is 16.5 Å². The molecule has 208 valence electrons. The molecular formula is C33H32N4O2S2. The van der Waals surface area contributed by atoms with E-state index in [0.717, 1.165) is 43.5 Å². The number of benzene rings is 2. The number of aromatic nitrogens is 2. The van der Waals surface area contributed by atoms with Gasteiger partial charge in [0, 0.05) is 19.3 Å². The standard InChI is InChI=1S/C33H32N4O2S2/c1-22-10-9-17-36-29(22)34-30(35-18-15-25(16-19-35)20-24-11-5-3-6-12-24)27(31(36)38)21-28-32(39)37(33(40)41-28)23(2)26-13-7-4-8-14-26/h3-14,17,21,23,25H,15-16,18-20H2,1-2H3/b28-21+. The molecule has 2 aliphatic rings. The van der Waals surface area contributed by atoms with Crippen LogP contribution in [0, 0.1) is 12.8 Å². The summed E-state index contributed by atoms with van der Waals surface area (Å²) >= 11 is 6.90. The smallest absolute Gasteiger partial charge is 0.267 e. The Hall–Kier alpha value is -3.75. The molecule has 1 amide bonds. The minimum Gasteiger partial charge on any atom is -0.356 e. The predicted octanol–water partition coefficient (Wildman–Crippen LogP) is 6.42. The number of amides is 1. The Morgan fingerprint density at radius 3 is 2.39 bits per heavy atom. The number of piperidine rings is 1. The van der Waals surface area contributed by atoms with Crippen LogP contribution in [-0.2, 0) is 11.2 Å². The van der Waals surface area contributed by atoms with Crippen molar-refractivity contribution in [1.82, 2.24) is 14.3 Å². The van der Waals surface area contributed by atoms with E-state index in [4.69, 9.17) is 17.2 Å². The Bertz CT molecular complexity index is 1690. The lowest BCUT2D eigenvalue weighted by Crippen LogP contribution is -2.37. The summed E-state index contributed by atoms with van der Waals surface area (Å²) in [5.74, 6) is 1.04. The molecule has 8 heteroatoms. The molecule has 1 atom stereocenters. The third-order valence-corrected chi connectivity index (χ3v) is 9.44. The van der Waals surface area contributed by atoms with Gasteiger partial charge in [-0.25, -0.2) is 4.98 Å². The van der Waals surface area contributed by atoms with Crippen LogP contribution >= 0.6 is 24.0 Å². The van der Waals surface area contributed by atoms with Crippen LogP contribution in [0.1, 0.15) is 48.1 Å². The highest BCUT2D eigenvalue weighted by atomic mass is 32.2. The minimum atomic E-state index is -0.212. The van der Waals surface area contributed by atoms with Gasteiger partial charge in [0.25, 0.3) is 11.5 Å². The third kappa shape index (κ3) is 5.46. The van der Waals surface area contributed by atoms with Crippen LogP contribution in [0.25, 0.3) is 11.7 Å². The highest BCUT2D eigenvalue weighted by Gasteiger charge is 2.36. The zero-order valence-electron chi connectivity index (χ0n) is 23.2. The molecule has 4 heterocycles. The van der Waals surface area contributed by atoms with Crippen molar-refractivity contribution in [3.05, 3.63) is 117 Å². The number of rotatable bonds is 6. The summed E-state index contributed by atoms with van der Waals surface area (Å²) in [6, 6.07) is 24.1. The minimum absolute atomic E-state index is 0.179. The number of nitrogens with zero attached hydrogens (tertiary/aromatic N) is 4. The molecule has 0 bridgehead atoms. The average molecular weight is 581 g/mol. The number of thioether (sulfide) groups is 1. The summed E-state index contributed by atoms with van der Waals surface area (Å²) in [5.41, 5.74) is 4.19. The van der Waals surface area contributed by atoms with Gasteiger partial charge in [-0.1, -0.05) is 90.7 Å². The van der Waals surface area contributed by atoms with Crippen LogP contribution in [0.5, 0.6) is 0 Å². The number of thiocarbonyl (C=S) groups is 1. The number of carbonyl (C=O) groups is 1. The fourth-order valence-electron chi connectivity index (χ4n) is 5.79. The SMILES string of the molecule is Cc1cccn2c(=O)c(/C=C3/SC(=S)N(C(C)c4ccccc4)C3=O)c(N3CCC(Cc4ccccc4)CC3)nc12. The fraction of sp³-hybridized carbons (Fsp3) is 0.273. The van der Waals surface area contributed by atoms with E-state index in [-0.39, 0.29) is 17.5 Å². The first-order valence-corrected chi connectivity index (χ1v) is 15.3. The molecule has 41 heavy (non-hydrogen) atoms. The highest BCUT2D eigenvalue weighted by molar-refractivity contribution is 8.26. The van der Waals surface area contributed by atoms with Gasteiger partial charge in [-0.3, -0.25) is 18.9 Å². The molecule has 0 N–H and O–H groups in total. The van der Waals surface area contributed by atoms with Gasteiger partial charge >= 0.3 is 0 Å². The molecule has 1 unspecified atom stereocenters. The molecule has 2 aromatic carbocycles. The van der Waals surface area contributed by atoms with Crippen molar-refractivity contribution in [2.24, 2.45) is 5.92 Å². The van der Waals surface area contributed by atoms with E-state index in [1.807, 2.05) is 56.3 Å². The lowest BCUT2D eigenvalue weighted by atomic mass is 9.90. The summed E-state index contributed by atoms with van der Waals surface area (Å²) in [5, 5.41) is 0. The third-order valence-electron chi connectivity index (χ3n) is 8.11. The number of fused-ring (bicyclic) bond motifs is 1. The zero-order valence-corrected chi connectivity index (χ0v) is 24.8. The number of anilines is 1. The van der Waals surface area contributed by atoms with Crippen LogP contribution in [-0.4, -0.2) is 37.6 Å². The molecule has 2 aromatic heterocycles. The van der Waals surface area contributed by atoms with E-state index < -0.39 is 0 Å². The Morgan fingerprint density at radius 1 is 1.00 bits per heavy atom. The number of carbonyl (C=O) groups excluding carboxylic acids is 1. The van der Waals surface area contributed by atoms with Crippen molar-refractivity contribution in [1.29, 1.82) is 0 Å². The molecule has 6 nitrogen and oxygen atoms in total. The van der Waals surface area contributed by atoms with Gasteiger partial charge in [-0.15, -0.1) is 0 Å². The van der Waals surface area contributed by atoms with Crippen molar-refractivity contribution in [2.75, 3.05) is 18.0 Å². The number of hydrogen-bond acceptors (Lipinski definition) is 6. The molecule has 6 rings (SSSR count). The van der Waals surface area contributed by atoms with E-state index in [9.17, 15) is 9.59 Å². The zero-order chi connectivity index (χ0) is 28.5. The largest absolute Gasteiger partial charge is 0.356 e. The highest BCUT2D eigenvalue weighted by Crippen LogP contribution is 2.39. The summed E-state index contributed by atoms with van der Waals surface area (Å²) in [7, 11) is 0. The number of hydrogen-bond donors (Lipinski definition) is 0. The monoisotopic (exact) mass is 580 g/mol. The van der Waals surface area contributed by atoms with Gasteiger partial charge in [0.2, 0.25) is 0 Å². The Morgan fingerprint density at radius 2 is 1.68 bits per heavy atom. The van der Waals surface area contributed by atoms with Gasteiger partial charge in [-0.2, -0.15) is 0 Å².